The van der Waals surface area contributed by atoms with Gasteiger partial charge in [0, 0.05) is 18.7 Å². The third-order valence-electron chi connectivity index (χ3n) is 2.84. The number of thioether (sulfide) groups is 1. The normalized spacial score (nSPS) is 18.5. The number of alkyl halides is 3. The van der Waals surface area contributed by atoms with Crippen LogP contribution in [0.2, 0.25) is 0 Å². The van der Waals surface area contributed by atoms with Crippen molar-refractivity contribution in [1.29, 1.82) is 0 Å². The van der Waals surface area contributed by atoms with Crippen molar-refractivity contribution in [2.45, 2.75) is 25.1 Å². The van der Waals surface area contributed by atoms with Crippen LogP contribution in [0.15, 0.2) is 11.6 Å². The van der Waals surface area contributed by atoms with Gasteiger partial charge in [0.1, 0.15) is 0 Å². The van der Waals surface area contributed by atoms with Gasteiger partial charge in [-0.3, -0.25) is 4.79 Å². The Morgan fingerprint density at radius 2 is 2.28 bits per heavy atom. The summed E-state index contributed by atoms with van der Waals surface area (Å²) in [7, 11) is 0. The van der Waals surface area contributed by atoms with Crippen LogP contribution in [0.5, 0.6) is 0 Å². The maximum Gasteiger partial charge on any atom is 0.412 e. The van der Waals surface area contributed by atoms with E-state index < -0.39 is 17.8 Å². The average Bonchev–Trinajstić information content (AvgIpc) is 2.34. The maximum atomic E-state index is 12.4. The highest BCUT2D eigenvalue weighted by Gasteiger charge is 2.35. The first-order chi connectivity index (χ1) is 8.36. The fourth-order valence-electron chi connectivity index (χ4n) is 1.73. The molecule has 0 aromatic heterocycles. The molecule has 2 N–H and O–H groups in total. The van der Waals surface area contributed by atoms with Crippen molar-refractivity contribution in [1.82, 2.24) is 4.90 Å². The summed E-state index contributed by atoms with van der Waals surface area (Å²) in [4.78, 5) is 13.2. The second kappa shape index (κ2) is 6.47. The molecule has 0 radical (unpaired) electrons. The Hall–Kier alpha value is -0.690. The summed E-state index contributed by atoms with van der Waals surface area (Å²) in [6.07, 6.45) is -0.897. The molecule has 3 nitrogen and oxygen atoms in total. The topological polar surface area (TPSA) is 46.3 Å². The van der Waals surface area contributed by atoms with Gasteiger partial charge < -0.3 is 10.6 Å². The summed E-state index contributed by atoms with van der Waals surface area (Å²) in [5, 5.41) is 0. The quantitative estimate of drug-likeness (QED) is 0.800. The molecule has 0 aromatic carbocycles. The van der Waals surface area contributed by atoms with Crippen molar-refractivity contribution in [2.75, 3.05) is 25.1 Å². The van der Waals surface area contributed by atoms with Gasteiger partial charge in [0.15, 0.2) is 0 Å². The first-order valence-electron chi connectivity index (χ1n) is 5.65. The molecule has 1 aliphatic rings. The van der Waals surface area contributed by atoms with Crippen LogP contribution in [-0.4, -0.2) is 48.1 Å². The number of nitrogens with two attached hydrogens (primary N) is 1. The minimum absolute atomic E-state index is 0.000639. The lowest BCUT2D eigenvalue weighted by Gasteiger charge is -2.29. The molecule has 1 aliphatic heterocycles. The van der Waals surface area contributed by atoms with Crippen LogP contribution in [-0.2, 0) is 4.79 Å². The van der Waals surface area contributed by atoms with Crippen molar-refractivity contribution in [3.05, 3.63) is 11.6 Å². The Morgan fingerprint density at radius 3 is 2.72 bits per heavy atom. The number of amides is 1. The summed E-state index contributed by atoms with van der Waals surface area (Å²) < 4.78 is 37.2. The molecule has 0 bridgehead atoms. The highest BCUT2D eigenvalue weighted by atomic mass is 32.2. The van der Waals surface area contributed by atoms with Crippen LogP contribution in [0.25, 0.3) is 0 Å². The Bertz CT molecular complexity index is 331. The average molecular weight is 282 g/mol. The minimum Gasteiger partial charge on any atom is -0.337 e. The van der Waals surface area contributed by atoms with E-state index in [1.165, 1.54) is 4.90 Å². The van der Waals surface area contributed by atoms with E-state index >= 15 is 0 Å². The van der Waals surface area contributed by atoms with Gasteiger partial charge in [-0.05, 0) is 24.9 Å². The van der Waals surface area contributed by atoms with Crippen LogP contribution < -0.4 is 5.73 Å². The minimum atomic E-state index is -4.28. The molecular formula is C11H17F3N2OS. The van der Waals surface area contributed by atoms with Gasteiger partial charge in [-0.1, -0.05) is 6.08 Å². The molecule has 104 valence electrons. The van der Waals surface area contributed by atoms with Crippen molar-refractivity contribution in [3.8, 4) is 0 Å². The number of rotatable bonds is 4. The summed E-state index contributed by atoms with van der Waals surface area (Å²) in [5.74, 6) is 0.506. The monoisotopic (exact) mass is 282 g/mol. The summed E-state index contributed by atoms with van der Waals surface area (Å²) >= 11 is 1.59. The van der Waals surface area contributed by atoms with Crippen molar-refractivity contribution in [3.63, 3.8) is 0 Å². The zero-order valence-corrected chi connectivity index (χ0v) is 11.0. The van der Waals surface area contributed by atoms with Crippen LogP contribution in [0.3, 0.4) is 0 Å². The van der Waals surface area contributed by atoms with E-state index in [1.807, 2.05) is 6.26 Å². The predicted molar refractivity (Wildman–Crippen MR) is 66.3 cm³/mol. The molecule has 1 atom stereocenters. The molecule has 0 saturated heterocycles. The van der Waals surface area contributed by atoms with E-state index in [-0.39, 0.29) is 25.4 Å². The van der Waals surface area contributed by atoms with E-state index in [0.717, 1.165) is 11.8 Å². The van der Waals surface area contributed by atoms with Crippen molar-refractivity contribution in [2.24, 2.45) is 5.73 Å². The van der Waals surface area contributed by atoms with Crippen molar-refractivity contribution < 1.29 is 18.0 Å². The number of halogens is 3. The van der Waals surface area contributed by atoms with E-state index in [4.69, 9.17) is 5.73 Å². The molecule has 1 amide bonds. The number of carbonyl (C=O) groups excluding carboxylic acids is 1. The molecule has 1 heterocycles. The first kappa shape index (κ1) is 15.4. The van der Waals surface area contributed by atoms with Gasteiger partial charge in [0.05, 0.1) is 6.04 Å². The van der Waals surface area contributed by atoms with Crippen LogP contribution in [0.4, 0.5) is 13.2 Å². The standard InChI is InChI=1S/C11H17F3N2OS/c1-18-7-4-9(15)10(17)16-5-2-8(3-6-16)11(12,13)14/h2,9H,3-7,15H2,1H3/t9-/m1/s1. The third kappa shape index (κ3) is 4.20. The third-order valence-corrected chi connectivity index (χ3v) is 3.48. The molecular weight excluding hydrogens is 265 g/mol. The van der Waals surface area contributed by atoms with E-state index in [1.54, 1.807) is 11.8 Å². The molecule has 18 heavy (non-hydrogen) atoms. The lowest BCUT2D eigenvalue weighted by molar-refractivity contribution is -0.133. The first-order valence-corrected chi connectivity index (χ1v) is 7.05. The Labute approximate surface area is 109 Å². The van der Waals surface area contributed by atoms with Gasteiger partial charge in [0.2, 0.25) is 5.91 Å². The molecule has 0 fully saturated rings. The second-order valence-electron chi connectivity index (χ2n) is 4.15. The molecule has 0 aromatic rings. The second-order valence-corrected chi connectivity index (χ2v) is 5.13. The number of hydrogen-bond donors (Lipinski definition) is 1. The lowest BCUT2D eigenvalue weighted by Crippen LogP contribution is -2.46. The van der Waals surface area contributed by atoms with Gasteiger partial charge in [0.25, 0.3) is 0 Å². The van der Waals surface area contributed by atoms with Gasteiger partial charge in [-0.25, -0.2) is 0 Å². The molecule has 0 unspecified atom stereocenters. The fraction of sp³-hybridized carbons (Fsp3) is 0.727. The van der Waals surface area contributed by atoms with Crippen LogP contribution in [0.1, 0.15) is 12.8 Å². The molecule has 0 saturated carbocycles. The Morgan fingerprint density at radius 1 is 1.61 bits per heavy atom. The van der Waals surface area contributed by atoms with Gasteiger partial charge >= 0.3 is 6.18 Å². The molecule has 1 rings (SSSR count). The fourth-order valence-corrected chi connectivity index (χ4v) is 2.22. The highest BCUT2D eigenvalue weighted by Crippen LogP contribution is 2.30. The summed E-state index contributed by atoms with van der Waals surface area (Å²) in [6.45, 7) is 0.0950. The largest absolute Gasteiger partial charge is 0.412 e. The summed E-state index contributed by atoms with van der Waals surface area (Å²) in [6, 6.07) is -0.613. The zero-order chi connectivity index (χ0) is 13.8. The highest BCUT2D eigenvalue weighted by molar-refractivity contribution is 7.98. The predicted octanol–water partition coefficient (Wildman–Crippen LogP) is 1.79. The van der Waals surface area contributed by atoms with E-state index in [0.29, 0.717) is 6.42 Å². The molecule has 0 aliphatic carbocycles. The lowest BCUT2D eigenvalue weighted by atomic mass is 10.1. The van der Waals surface area contributed by atoms with Crippen LogP contribution in [0, 0.1) is 0 Å². The SMILES string of the molecule is CSCC[C@@H](N)C(=O)N1CC=C(C(F)(F)F)CC1. The Balaban J connectivity index is 2.52. The maximum absolute atomic E-state index is 12.4. The molecule has 0 spiro atoms. The van der Waals surface area contributed by atoms with Crippen molar-refractivity contribution >= 4 is 17.7 Å². The smallest absolute Gasteiger partial charge is 0.337 e. The van der Waals surface area contributed by atoms with E-state index in [9.17, 15) is 18.0 Å². The number of nitrogens with zero attached hydrogens (tertiary/aromatic N) is 1. The van der Waals surface area contributed by atoms with Gasteiger partial charge in [-0.2, -0.15) is 24.9 Å². The van der Waals surface area contributed by atoms with Crippen LogP contribution >= 0.6 is 11.8 Å². The van der Waals surface area contributed by atoms with Gasteiger partial charge in [-0.15, -0.1) is 0 Å². The molecule has 7 heteroatoms. The number of carbonyl (C=O) groups is 1. The van der Waals surface area contributed by atoms with E-state index in [2.05, 4.69) is 0 Å². The number of hydrogen-bond acceptors (Lipinski definition) is 3. The summed E-state index contributed by atoms with van der Waals surface area (Å²) in [5.41, 5.74) is 5.16. The Kier molecular flexibility index (Phi) is 5.52. The zero-order valence-electron chi connectivity index (χ0n) is 10.2.